The minimum atomic E-state index is 0.0556. The first kappa shape index (κ1) is 14.3. The lowest BCUT2D eigenvalue weighted by atomic mass is 9.55. The van der Waals surface area contributed by atoms with Crippen LogP contribution in [0, 0.1) is 11.3 Å². The highest BCUT2D eigenvalue weighted by Gasteiger charge is 2.58. The summed E-state index contributed by atoms with van der Waals surface area (Å²) in [6, 6.07) is 0.664. The lowest BCUT2D eigenvalue weighted by molar-refractivity contribution is -0.207. The molecule has 2 atom stereocenters. The van der Waals surface area contributed by atoms with Crippen LogP contribution in [0.2, 0.25) is 0 Å². The monoisotopic (exact) mass is 254 g/mol. The van der Waals surface area contributed by atoms with Crippen LogP contribution in [0.15, 0.2) is 0 Å². The molecule has 2 fully saturated rings. The smallest absolute Gasteiger partial charge is 0.0731 e. The van der Waals surface area contributed by atoms with Gasteiger partial charge in [-0.15, -0.1) is 0 Å². The molecule has 18 heavy (non-hydrogen) atoms. The number of hydrogen-bond donors (Lipinski definition) is 1. The molecular weight excluding hydrogens is 224 g/mol. The standard InChI is InChI=1S/C15H30N2O/c1-14(2)13(10-15(14,3)18-5)17(4)11-12-6-8-16-9-7-12/h12-13,16H,6-11H2,1-5H3. The van der Waals surface area contributed by atoms with Crippen LogP contribution in [0.1, 0.15) is 40.0 Å². The fourth-order valence-electron chi connectivity index (χ4n) is 3.76. The number of nitrogens with zero attached hydrogens (tertiary/aromatic N) is 1. The molecule has 0 spiro atoms. The van der Waals surface area contributed by atoms with Crippen molar-refractivity contribution in [2.45, 2.75) is 51.7 Å². The maximum atomic E-state index is 5.72. The van der Waals surface area contributed by atoms with Crippen LogP contribution >= 0.6 is 0 Å². The molecule has 1 aliphatic carbocycles. The lowest BCUT2D eigenvalue weighted by Crippen LogP contribution is -2.68. The maximum Gasteiger partial charge on any atom is 0.0731 e. The number of ether oxygens (including phenoxy) is 1. The van der Waals surface area contributed by atoms with Gasteiger partial charge in [-0.3, -0.25) is 0 Å². The quantitative estimate of drug-likeness (QED) is 0.832. The van der Waals surface area contributed by atoms with E-state index in [1.807, 2.05) is 7.11 Å². The Morgan fingerprint density at radius 1 is 1.22 bits per heavy atom. The first-order valence-electron chi connectivity index (χ1n) is 7.37. The number of nitrogens with one attached hydrogen (secondary N) is 1. The molecule has 0 aromatic heterocycles. The summed E-state index contributed by atoms with van der Waals surface area (Å²) in [6.07, 6.45) is 3.83. The third-order valence-electron chi connectivity index (χ3n) is 5.77. The van der Waals surface area contributed by atoms with Crippen LogP contribution < -0.4 is 5.32 Å². The molecule has 0 aromatic carbocycles. The number of hydrogen-bond acceptors (Lipinski definition) is 3. The van der Waals surface area contributed by atoms with Gasteiger partial charge in [0.25, 0.3) is 0 Å². The summed E-state index contributed by atoms with van der Waals surface area (Å²) in [6.45, 7) is 10.6. The lowest BCUT2D eigenvalue weighted by Gasteiger charge is -2.62. The Balaban J connectivity index is 1.89. The van der Waals surface area contributed by atoms with Crippen molar-refractivity contribution in [3.05, 3.63) is 0 Å². The van der Waals surface area contributed by atoms with Gasteiger partial charge in [0.05, 0.1) is 5.60 Å². The van der Waals surface area contributed by atoms with Crippen LogP contribution in [-0.2, 0) is 4.74 Å². The summed E-state index contributed by atoms with van der Waals surface area (Å²) in [7, 11) is 4.15. The van der Waals surface area contributed by atoms with E-state index in [-0.39, 0.29) is 11.0 Å². The molecule has 1 N–H and O–H groups in total. The van der Waals surface area contributed by atoms with E-state index in [1.54, 1.807) is 0 Å². The average molecular weight is 254 g/mol. The average Bonchev–Trinajstić information content (AvgIpc) is 2.36. The van der Waals surface area contributed by atoms with E-state index in [0.717, 1.165) is 12.3 Å². The van der Waals surface area contributed by atoms with Gasteiger partial charge >= 0.3 is 0 Å². The molecule has 0 aromatic rings. The zero-order chi connectivity index (χ0) is 13.4. The Hall–Kier alpha value is -0.120. The molecule has 2 unspecified atom stereocenters. The van der Waals surface area contributed by atoms with Crippen molar-refractivity contribution in [1.29, 1.82) is 0 Å². The Labute approximate surface area is 112 Å². The Morgan fingerprint density at radius 2 is 1.83 bits per heavy atom. The Kier molecular flexibility index (Phi) is 4.05. The van der Waals surface area contributed by atoms with Crippen molar-refractivity contribution in [3.8, 4) is 0 Å². The molecule has 106 valence electrons. The predicted octanol–water partition coefficient (Wildman–Crippen LogP) is 2.12. The molecule has 2 aliphatic rings. The van der Waals surface area contributed by atoms with Crippen LogP contribution in [0.4, 0.5) is 0 Å². The minimum absolute atomic E-state index is 0.0556. The topological polar surface area (TPSA) is 24.5 Å². The second-order valence-electron chi connectivity index (χ2n) is 7.01. The Morgan fingerprint density at radius 3 is 2.33 bits per heavy atom. The van der Waals surface area contributed by atoms with E-state index >= 15 is 0 Å². The highest BCUT2D eigenvalue weighted by atomic mass is 16.5. The highest BCUT2D eigenvalue weighted by Crippen LogP contribution is 2.53. The molecule has 0 bridgehead atoms. The van der Waals surface area contributed by atoms with Crippen molar-refractivity contribution in [2.24, 2.45) is 11.3 Å². The third kappa shape index (κ3) is 2.33. The molecule has 3 heteroatoms. The zero-order valence-electron chi connectivity index (χ0n) is 12.8. The van der Waals surface area contributed by atoms with Crippen molar-refractivity contribution in [2.75, 3.05) is 33.8 Å². The molecule has 1 saturated carbocycles. The third-order valence-corrected chi connectivity index (χ3v) is 5.77. The summed E-state index contributed by atoms with van der Waals surface area (Å²) in [5, 5.41) is 3.45. The molecule has 1 heterocycles. The fourth-order valence-corrected chi connectivity index (χ4v) is 3.76. The number of methoxy groups -OCH3 is 1. The van der Waals surface area contributed by atoms with Crippen molar-refractivity contribution < 1.29 is 4.74 Å². The van der Waals surface area contributed by atoms with Gasteiger partial charge in [0, 0.05) is 25.1 Å². The van der Waals surface area contributed by atoms with Crippen LogP contribution in [0.5, 0.6) is 0 Å². The van der Waals surface area contributed by atoms with E-state index in [0.29, 0.717) is 6.04 Å². The van der Waals surface area contributed by atoms with Crippen molar-refractivity contribution in [1.82, 2.24) is 10.2 Å². The van der Waals surface area contributed by atoms with E-state index in [1.165, 1.54) is 32.5 Å². The van der Waals surface area contributed by atoms with Crippen molar-refractivity contribution >= 4 is 0 Å². The Bertz CT molecular complexity index is 286. The zero-order valence-corrected chi connectivity index (χ0v) is 12.8. The van der Waals surface area contributed by atoms with Crippen LogP contribution in [0.3, 0.4) is 0 Å². The van der Waals surface area contributed by atoms with Gasteiger partial charge in [-0.2, -0.15) is 0 Å². The second-order valence-corrected chi connectivity index (χ2v) is 7.01. The molecule has 1 aliphatic heterocycles. The predicted molar refractivity (Wildman–Crippen MR) is 75.8 cm³/mol. The van der Waals surface area contributed by atoms with E-state index < -0.39 is 0 Å². The largest absolute Gasteiger partial charge is 0.378 e. The van der Waals surface area contributed by atoms with Gasteiger partial charge in [0.2, 0.25) is 0 Å². The first-order valence-corrected chi connectivity index (χ1v) is 7.37. The van der Waals surface area contributed by atoms with Gasteiger partial charge < -0.3 is 15.0 Å². The second kappa shape index (κ2) is 5.10. The molecular formula is C15H30N2O. The van der Waals surface area contributed by atoms with Gasteiger partial charge in [-0.1, -0.05) is 13.8 Å². The molecule has 3 nitrogen and oxygen atoms in total. The first-order chi connectivity index (χ1) is 8.40. The molecule has 2 rings (SSSR count). The van der Waals surface area contributed by atoms with Crippen LogP contribution in [-0.4, -0.2) is 50.3 Å². The van der Waals surface area contributed by atoms with Gasteiger partial charge in [0.1, 0.15) is 0 Å². The normalized spacial score (nSPS) is 36.7. The fraction of sp³-hybridized carbons (Fsp3) is 1.00. The number of rotatable bonds is 4. The van der Waals surface area contributed by atoms with Crippen molar-refractivity contribution in [3.63, 3.8) is 0 Å². The molecule has 0 amide bonds. The van der Waals surface area contributed by atoms with Crippen LogP contribution in [0.25, 0.3) is 0 Å². The summed E-state index contributed by atoms with van der Waals surface area (Å²) >= 11 is 0. The SMILES string of the molecule is COC1(C)CC(N(C)CC2CCNCC2)C1(C)C. The van der Waals surface area contributed by atoms with E-state index in [4.69, 9.17) is 4.74 Å². The summed E-state index contributed by atoms with van der Waals surface area (Å²) < 4.78 is 5.72. The summed E-state index contributed by atoms with van der Waals surface area (Å²) in [5.74, 6) is 0.876. The molecule has 1 saturated heterocycles. The summed E-state index contributed by atoms with van der Waals surface area (Å²) in [5.41, 5.74) is 0.309. The van der Waals surface area contributed by atoms with E-state index in [9.17, 15) is 0 Å². The van der Waals surface area contributed by atoms with Gasteiger partial charge in [-0.05, 0) is 52.2 Å². The van der Waals surface area contributed by atoms with E-state index in [2.05, 4.69) is 38.0 Å². The van der Waals surface area contributed by atoms with Gasteiger partial charge in [0.15, 0.2) is 0 Å². The highest BCUT2D eigenvalue weighted by molar-refractivity contribution is 5.11. The minimum Gasteiger partial charge on any atom is -0.378 e. The molecule has 0 radical (unpaired) electrons. The summed E-state index contributed by atoms with van der Waals surface area (Å²) in [4.78, 5) is 2.58. The number of piperidine rings is 1. The maximum absolute atomic E-state index is 5.72. The van der Waals surface area contributed by atoms with Gasteiger partial charge in [-0.25, -0.2) is 0 Å².